The number of hydrogen-bond donors (Lipinski definition) is 2. The molecule has 0 unspecified atom stereocenters. The molecule has 35 heavy (non-hydrogen) atoms. The van der Waals surface area contributed by atoms with E-state index in [2.05, 4.69) is 30.0 Å². The highest BCUT2D eigenvalue weighted by atomic mass is 19.4. The molecule has 0 amide bonds. The third kappa shape index (κ3) is 4.38. The van der Waals surface area contributed by atoms with E-state index in [4.69, 9.17) is 4.74 Å². The van der Waals surface area contributed by atoms with Crippen LogP contribution in [0.2, 0.25) is 0 Å². The van der Waals surface area contributed by atoms with Crippen LogP contribution in [-0.4, -0.2) is 44.1 Å². The first-order valence-electron chi connectivity index (χ1n) is 9.58. The third-order valence-corrected chi connectivity index (χ3v) is 4.75. The van der Waals surface area contributed by atoms with Crippen LogP contribution in [-0.2, 0) is 4.79 Å². The number of ether oxygens (including phenoxy) is 2. The Labute approximate surface area is 191 Å². The SMILES string of the molecule is COc1ccc([N+](=O)[O-])c2c(C)nc(Nc3nc4cccc(OC(=O)C(F)(F)F)c4c(=O)[nH]3)nc12. The van der Waals surface area contributed by atoms with Gasteiger partial charge in [0.25, 0.3) is 11.2 Å². The molecule has 4 aromatic rings. The number of aromatic amines is 1. The van der Waals surface area contributed by atoms with Crippen molar-refractivity contribution in [2.24, 2.45) is 0 Å². The molecule has 0 saturated heterocycles. The maximum absolute atomic E-state index is 12.6. The molecule has 0 atom stereocenters. The molecule has 0 radical (unpaired) electrons. The number of nitrogens with one attached hydrogen (secondary N) is 2. The number of nitrogens with zero attached hydrogens (tertiary/aromatic N) is 4. The summed E-state index contributed by atoms with van der Waals surface area (Å²) >= 11 is 0. The summed E-state index contributed by atoms with van der Waals surface area (Å²) in [5.41, 5.74) is -0.875. The highest BCUT2D eigenvalue weighted by molar-refractivity contribution is 5.95. The Kier molecular flexibility index (Phi) is 5.68. The van der Waals surface area contributed by atoms with E-state index in [-0.39, 0.29) is 50.8 Å². The van der Waals surface area contributed by atoms with Gasteiger partial charge in [-0.15, -0.1) is 0 Å². The summed E-state index contributed by atoms with van der Waals surface area (Å²) in [6.07, 6.45) is -5.26. The number of hydrogen-bond acceptors (Lipinski definition) is 10. The van der Waals surface area contributed by atoms with Crippen LogP contribution in [0, 0.1) is 17.0 Å². The van der Waals surface area contributed by atoms with Crippen molar-refractivity contribution >= 4 is 45.4 Å². The number of nitro benzene ring substituents is 1. The Morgan fingerprint density at radius 3 is 2.51 bits per heavy atom. The number of benzene rings is 2. The number of non-ortho nitro benzene ring substituents is 1. The van der Waals surface area contributed by atoms with Crippen molar-refractivity contribution in [2.75, 3.05) is 12.4 Å². The molecule has 2 aromatic heterocycles. The van der Waals surface area contributed by atoms with Crippen LogP contribution in [0.25, 0.3) is 21.8 Å². The van der Waals surface area contributed by atoms with Crippen molar-refractivity contribution in [1.29, 1.82) is 0 Å². The second-order valence-corrected chi connectivity index (χ2v) is 6.98. The fourth-order valence-electron chi connectivity index (χ4n) is 3.31. The summed E-state index contributed by atoms with van der Waals surface area (Å²) in [7, 11) is 1.36. The summed E-state index contributed by atoms with van der Waals surface area (Å²) in [6.45, 7) is 1.51. The topological polar surface area (TPSA) is 162 Å². The first-order valence-corrected chi connectivity index (χ1v) is 9.58. The van der Waals surface area contributed by atoms with Crippen molar-refractivity contribution in [3.05, 3.63) is 56.5 Å². The zero-order valence-electron chi connectivity index (χ0n) is 17.8. The van der Waals surface area contributed by atoms with E-state index in [0.29, 0.717) is 0 Å². The summed E-state index contributed by atoms with van der Waals surface area (Å²) in [6, 6.07) is 6.22. The summed E-state index contributed by atoms with van der Waals surface area (Å²) in [5, 5.41) is 13.8. The molecule has 0 spiro atoms. The third-order valence-electron chi connectivity index (χ3n) is 4.75. The number of nitro groups is 1. The number of fused-ring (bicyclic) bond motifs is 2. The fourth-order valence-corrected chi connectivity index (χ4v) is 3.31. The van der Waals surface area contributed by atoms with Crippen LogP contribution in [0.4, 0.5) is 30.8 Å². The lowest BCUT2D eigenvalue weighted by molar-refractivity contribution is -0.383. The van der Waals surface area contributed by atoms with E-state index in [1.807, 2.05) is 0 Å². The fraction of sp³-hybridized carbons (Fsp3) is 0.150. The number of aromatic nitrogens is 4. The number of carbonyl (C=O) groups excluding carboxylic acids is 1. The number of alkyl halides is 3. The second-order valence-electron chi connectivity index (χ2n) is 6.98. The van der Waals surface area contributed by atoms with Crippen molar-refractivity contribution in [3.63, 3.8) is 0 Å². The minimum absolute atomic E-state index is 0.0885. The maximum atomic E-state index is 12.6. The Balaban J connectivity index is 1.77. The van der Waals surface area contributed by atoms with E-state index >= 15 is 0 Å². The van der Waals surface area contributed by atoms with Gasteiger partial charge in [0.1, 0.15) is 27.8 Å². The predicted octanol–water partition coefficient (Wildman–Crippen LogP) is 3.30. The van der Waals surface area contributed by atoms with Crippen molar-refractivity contribution in [1.82, 2.24) is 19.9 Å². The van der Waals surface area contributed by atoms with Gasteiger partial charge in [-0.3, -0.25) is 25.2 Å². The van der Waals surface area contributed by atoms with Crippen LogP contribution >= 0.6 is 0 Å². The lowest BCUT2D eigenvalue weighted by Gasteiger charge is -2.11. The molecule has 0 aliphatic heterocycles. The van der Waals surface area contributed by atoms with Gasteiger partial charge < -0.3 is 9.47 Å². The predicted molar refractivity (Wildman–Crippen MR) is 115 cm³/mol. The van der Waals surface area contributed by atoms with Gasteiger partial charge >= 0.3 is 12.1 Å². The number of aryl methyl sites for hydroxylation is 1. The van der Waals surface area contributed by atoms with Gasteiger partial charge in [-0.1, -0.05) is 6.07 Å². The molecule has 4 rings (SSSR count). The molecule has 2 heterocycles. The number of carbonyl (C=O) groups is 1. The summed E-state index contributed by atoms with van der Waals surface area (Å²) in [5.74, 6) is -3.18. The molecule has 0 aliphatic carbocycles. The Hall–Kier alpha value is -4.82. The zero-order valence-corrected chi connectivity index (χ0v) is 17.8. The first kappa shape index (κ1) is 23.3. The first-order chi connectivity index (χ1) is 16.5. The van der Waals surface area contributed by atoms with E-state index in [1.54, 1.807) is 0 Å². The van der Waals surface area contributed by atoms with E-state index in [9.17, 15) is 32.9 Å². The molecule has 0 bridgehead atoms. The monoisotopic (exact) mass is 490 g/mol. The molecule has 12 nitrogen and oxygen atoms in total. The number of halogens is 3. The summed E-state index contributed by atoms with van der Waals surface area (Å²) in [4.78, 5) is 49.4. The van der Waals surface area contributed by atoms with Gasteiger partial charge in [0.15, 0.2) is 0 Å². The quantitative estimate of drug-likeness (QED) is 0.184. The van der Waals surface area contributed by atoms with Crippen LogP contribution in [0.5, 0.6) is 11.5 Å². The van der Waals surface area contributed by atoms with Gasteiger partial charge in [0.05, 0.1) is 23.2 Å². The molecule has 2 aromatic carbocycles. The number of esters is 1. The zero-order chi connectivity index (χ0) is 25.5. The number of methoxy groups -OCH3 is 1. The van der Waals surface area contributed by atoms with Gasteiger partial charge in [0.2, 0.25) is 11.9 Å². The van der Waals surface area contributed by atoms with E-state index in [0.717, 1.165) is 6.07 Å². The minimum atomic E-state index is -5.26. The second kappa shape index (κ2) is 8.51. The molecule has 0 aliphatic rings. The molecule has 0 fully saturated rings. The van der Waals surface area contributed by atoms with Crippen molar-refractivity contribution in [3.8, 4) is 11.5 Å². The number of anilines is 2. The molecule has 0 saturated carbocycles. The molecule has 2 N–H and O–H groups in total. The minimum Gasteiger partial charge on any atom is -0.494 e. The Bertz CT molecular complexity index is 1570. The van der Waals surface area contributed by atoms with Crippen molar-refractivity contribution in [2.45, 2.75) is 13.1 Å². The molecular weight excluding hydrogens is 477 g/mol. The standard InChI is InChI=1S/C20H13F3N6O6/c1-8-13-10(29(32)33)6-7-12(34-2)15(13)26-18(24-8)28-19-25-9-4-3-5-11(14(9)16(30)27-19)35-17(31)20(21,22)23/h3-7H,1-2H3,(H2,24,25,26,27,28,30). The average molecular weight is 490 g/mol. The average Bonchev–Trinajstić information content (AvgIpc) is 2.77. The number of H-pyrrole nitrogens is 1. The van der Waals surface area contributed by atoms with Crippen LogP contribution in [0.1, 0.15) is 5.69 Å². The smallest absolute Gasteiger partial charge is 0.491 e. The van der Waals surface area contributed by atoms with Gasteiger partial charge in [-0.05, 0) is 25.1 Å². The molecule has 15 heteroatoms. The van der Waals surface area contributed by atoms with Crippen LogP contribution in [0.15, 0.2) is 35.1 Å². The summed E-state index contributed by atoms with van der Waals surface area (Å²) < 4.78 is 47.2. The lowest BCUT2D eigenvalue weighted by Crippen LogP contribution is -2.28. The largest absolute Gasteiger partial charge is 0.494 e. The highest BCUT2D eigenvalue weighted by Crippen LogP contribution is 2.34. The maximum Gasteiger partial charge on any atom is 0.491 e. The molecule has 180 valence electrons. The Morgan fingerprint density at radius 2 is 1.86 bits per heavy atom. The normalized spacial score (nSPS) is 11.5. The van der Waals surface area contributed by atoms with Gasteiger partial charge in [-0.25, -0.2) is 19.7 Å². The number of rotatable bonds is 5. The molecular formula is C20H13F3N6O6. The van der Waals surface area contributed by atoms with Gasteiger partial charge in [-0.2, -0.15) is 13.2 Å². The highest BCUT2D eigenvalue weighted by Gasteiger charge is 2.41. The van der Waals surface area contributed by atoms with E-state index < -0.39 is 28.4 Å². The van der Waals surface area contributed by atoms with E-state index in [1.165, 1.54) is 38.3 Å². The van der Waals surface area contributed by atoms with Crippen LogP contribution in [0.3, 0.4) is 0 Å². The van der Waals surface area contributed by atoms with Gasteiger partial charge in [0, 0.05) is 6.07 Å². The van der Waals surface area contributed by atoms with Crippen molar-refractivity contribution < 1.29 is 32.4 Å². The lowest BCUT2D eigenvalue weighted by atomic mass is 10.1. The van der Waals surface area contributed by atoms with Crippen LogP contribution < -0.4 is 20.3 Å². The Morgan fingerprint density at radius 1 is 1.11 bits per heavy atom.